The summed E-state index contributed by atoms with van der Waals surface area (Å²) in [5.41, 5.74) is 1.05. The highest BCUT2D eigenvalue weighted by atomic mass is 35.5. The van der Waals surface area contributed by atoms with Crippen LogP contribution in [0.2, 0.25) is 5.15 Å². The van der Waals surface area contributed by atoms with E-state index in [1.807, 2.05) is 20.8 Å². The van der Waals surface area contributed by atoms with Gasteiger partial charge in [0.05, 0.1) is 12.7 Å². The molecule has 2 N–H and O–H groups in total. The molecule has 1 unspecified atom stereocenters. The summed E-state index contributed by atoms with van der Waals surface area (Å²) in [6.45, 7) is 6.65. The molecule has 1 atom stereocenters. The van der Waals surface area contributed by atoms with Crippen LogP contribution in [-0.2, 0) is 10.2 Å². The number of halogens is 1. The lowest BCUT2D eigenvalue weighted by Gasteiger charge is -2.18. The fourth-order valence-electron chi connectivity index (χ4n) is 1.74. The Kier molecular flexibility index (Phi) is 6.58. The van der Waals surface area contributed by atoms with Gasteiger partial charge in [-0.1, -0.05) is 32.4 Å². The predicted octanol–water partition coefficient (Wildman–Crippen LogP) is 2.16. The Morgan fingerprint density at radius 1 is 1.48 bits per heavy atom. The summed E-state index contributed by atoms with van der Waals surface area (Å²) in [5.74, 6) is -0.227. The first-order valence-corrected chi connectivity index (χ1v) is 7.25. The highest BCUT2D eigenvalue weighted by Crippen LogP contribution is 2.23. The highest BCUT2D eigenvalue weighted by molar-refractivity contribution is 6.29. The smallest absolute Gasteiger partial charge is 0.251 e. The van der Waals surface area contributed by atoms with E-state index in [1.165, 1.54) is 13.2 Å². The summed E-state index contributed by atoms with van der Waals surface area (Å²) >= 11 is 5.98. The molecule has 21 heavy (non-hydrogen) atoms. The molecule has 0 aromatic carbocycles. The second-order valence-corrected chi connectivity index (χ2v) is 6.35. The lowest BCUT2D eigenvalue weighted by atomic mass is 9.91. The third-order valence-corrected chi connectivity index (χ3v) is 3.14. The Morgan fingerprint density at radius 2 is 2.14 bits per heavy atom. The molecule has 0 bridgehead atoms. The fourth-order valence-corrected chi connectivity index (χ4v) is 1.95. The molecule has 5 nitrogen and oxygen atoms in total. The first-order chi connectivity index (χ1) is 9.74. The monoisotopic (exact) mass is 314 g/mol. The van der Waals surface area contributed by atoms with Gasteiger partial charge in [0, 0.05) is 30.3 Å². The molecule has 1 amide bonds. The fraction of sp³-hybridized carbons (Fsp3) is 0.600. The van der Waals surface area contributed by atoms with Crippen LogP contribution in [0.15, 0.2) is 12.1 Å². The zero-order valence-electron chi connectivity index (χ0n) is 12.9. The molecule has 1 aromatic heterocycles. The minimum Gasteiger partial charge on any atom is -0.391 e. The number of methoxy groups -OCH3 is 1. The summed E-state index contributed by atoms with van der Waals surface area (Å²) in [4.78, 5) is 16.4. The van der Waals surface area contributed by atoms with Crippen LogP contribution < -0.4 is 5.32 Å². The first-order valence-electron chi connectivity index (χ1n) is 6.87. The highest BCUT2D eigenvalue weighted by Gasteiger charge is 2.19. The van der Waals surface area contributed by atoms with Crippen molar-refractivity contribution in [3.05, 3.63) is 28.5 Å². The molecule has 0 fully saturated rings. The number of nitrogens with zero attached hydrogens (tertiary/aromatic N) is 1. The lowest BCUT2D eigenvalue weighted by molar-refractivity contribution is 0.0587. The van der Waals surface area contributed by atoms with Crippen molar-refractivity contribution in [2.24, 2.45) is 0 Å². The summed E-state index contributed by atoms with van der Waals surface area (Å²) in [7, 11) is 1.52. The number of nitrogens with one attached hydrogen (secondary N) is 1. The SMILES string of the molecule is COCC(O)CCNC(=O)c1cc(Cl)nc(C(C)(C)C)c1. The molecule has 1 aromatic rings. The maximum atomic E-state index is 12.1. The van der Waals surface area contributed by atoms with Crippen molar-refractivity contribution in [1.82, 2.24) is 10.3 Å². The number of aromatic nitrogens is 1. The van der Waals surface area contributed by atoms with Gasteiger partial charge < -0.3 is 15.2 Å². The number of ether oxygens (including phenoxy) is 1. The minimum absolute atomic E-state index is 0.186. The Bertz CT molecular complexity index is 486. The van der Waals surface area contributed by atoms with Gasteiger partial charge in [0.2, 0.25) is 0 Å². The molecule has 0 saturated heterocycles. The average molecular weight is 315 g/mol. The van der Waals surface area contributed by atoms with E-state index in [0.717, 1.165) is 5.69 Å². The van der Waals surface area contributed by atoms with Crippen molar-refractivity contribution in [3.63, 3.8) is 0 Å². The van der Waals surface area contributed by atoms with Gasteiger partial charge in [-0.25, -0.2) is 4.98 Å². The van der Waals surface area contributed by atoms with Crippen LogP contribution in [0.4, 0.5) is 0 Å². The molecule has 1 heterocycles. The number of amides is 1. The maximum absolute atomic E-state index is 12.1. The van der Waals surface area contributed by atoms with E-state index in [-0.39, 0.29) is 17.9 Å². The second-order valence-electron chi connectivity index (χ2n) is 5.97. The Labute approximate surface area is 130 Å². The maximum Gasteiger partial charge on any atom is 0.251 e. The minimum atomic E-state index is -0.582. The van der Waals surface area contributed by atoms with Gasteiger partial charge >= 0.3 is 0 Å². The summed E-state index contributed by atoms with van der Waals surface area (Å²) in [6, 6.07) is 3.28. The second kappa shape index (κ2) is 7.73. The van der Waals surface area contributed by atoms with Crippen LogP contribution in [0.3, 0.4) is 0 Å². The van der Waals surface area contributed by atoms with Crippen LogP contribution in [0, 0.1) is 0 Å². The van der Waals surface area contributed by atoms with E-state index in [4.69, 9.17) is 16.3 Å². The summed E-state index contributed by atoms with van der Waals surface area (Å²) < 4.78 is 4.83. The van der Waals surface area contributed by atoms with Crippen molar-refractivity contribution in [2.75, 3.05) is 20.3 Å². The lowest BCUT2D eigenvalue weighted by Crippen LogP contribution is -2.29. The van der Waals surface area contributed by atoms with Crippen LogP contribution in [0.25, 0.3) is 0 Å². The quantitative estimate of drug-likeness (QED) is 0.789. The molecule has 0 aliphatic rings. The number of aliphatic hydroxyl groups excluding tert-OH is 1. The molecule has 0 saturated carbocycles. The molecular formula is C15H23ClN2O3. The summed E-state index contributed by atoms with van der Waals surface area (Å²) in [6.07, 6.45) is -0.147. The number of aliphatic hydroxyl groups is 1. The molecule has 6 heteroatoms. The molecule has 0 aliphatic carbocycles. The molecule has 0 aliphatic heterocycles. The number of carbonyl (C=O) groups excluding carboxylic acids is 1. The number of rotatable bonds is 6. The van der Waals surface area contributed by atoms with Crippen LogP contribution in [-0.4, -0.2) is 42.4 Å². The van der Waals surface area contributed by atoms with Crippen molar-refractivity contribution in [2.45, 2.75) is 38.7 Å². The average Bonchev–Trinajstić information content (AvgIpc) is 2.37. The zero-order valence-corrected chi connectivity index (χ0v) is 13.7. The Balaban J connectivity index is 2.68. The number of hydrogen-bond donors (Lipinski definition) is 2. The first kappa shape index (κ1) is 17.9. The third kappa shape index (κ3) is 5.99. The number of carbonyl (C=O) groups is 1. The molecule has 0 spiro atoms. The molecule has 0 radical (unpaired) electrons. The predicted molar refractivity (Wildman–Crippen MR) is 82.8 cm³/mol. The Morgan fingerprint density at radius 3 is 2.71 bits per heavy atom. The van der Waals surface area contributed by atoms with Crippen LogP contribution in [0.5, 0.6) is 0 Å². The van der Waals surface area contributed by atoms with Gasteiger partial charge in [-0.2, -0.15) is 0 Å². The third-order valence-electron chi connectivity index (χ3n) is 2.95. The molecule has 1 rings (SSSR count). The zero-order chi connectivity index (χ0) is 16.0. The van der Waals surface area contributed by atoms with E-state index in [1.54, 1.807) is 6.07 Å². The number of pyridine rings is 1. The molecule has 118 valence electrons. The standard InChI is InChI=1S/C15H23ClN2O3/c1-15(2,3)12-7-10(8-13(16)18-12)14(20)17-6-5-11(19)9-21-4/h7-8,11,19H,5-6,9H2,1-4H3,(H,17,20). The van der Waals surface area contributed by atoms with Crippen molar-refractivity contribution in [1.29, 1.82) is 0 Å². The van der Waals surface area contributed by atoms with Crippen molar-refractivity contribution in [3.8, 4) is 0 Å². The van der Waals surface area contributed by atoms with E-state index >= 15 is 0 Å². The van der Waals surface area contributed by atoms with E-state index in [2.05, 4.69) is 10.3 Å². The van der Waals surface area contributed by atoms with Crippen molar-refractivity contribution >= 4 is 17.5 Å². The van der Waals surface area contributed by atoms with Crippen molar-refractivity contribution < 1.29 is 14.6 Å². The van der Waals surface area contributed by atoms with Gasteiger partial charge in [0.1, 0.15) is 5.15 Å². The van der Waals surface area contributed by atoms with Crippen LogP contribution >= 0.6 is 11.6 Å². The number of hydrogen-bond acceptors (Lipinski definition) is 4. The van der Waals surface area contributed by atoms with E-state index in [0.29, 0.717) is 23.7 Å². The van der Waals surface area contributed by atoms with Gasteiger partial charge in [0.15, 0.2) is 0 Å². The summed E-state index contributed by atoms with van der Waals surface area (Å²) in [5, 5.41) is 12.6. The topological polar surface area (TPSA) is 71.5 Å². The van der Waals surface area contributed by atoms with Gasteiger partial charge in [0.25, 0.3) is 5.91 Å². The van der Waals surface area contributed by atoms with Gasteiger partial charge in [-0.3, -0.25) is 4.79 Å². The van der Waals surface area contributed by atoms with Crippen LogP contribution in [0.1, 0.15) is 43.2 Å². The Hall–Kier alpha value is -1.17. The van der Waals surface area contributed by atoms with E-state index < -0.39 is 6.10 Å². The molecular weight excluding hydrogens is 292 g/mol. The van der Waals surface area contributed by atoms with Gasteiger partial charge in [-0.15, -0.1) is 0 Å². The largest absolute Gasteiger partial charge is 0.391 e. The normalized spacial score (nSPS) is 13.0. The van der Waals surface area contributed by atoms with Gasteiger partial charge in [-0.05, 0) is 18.6 Å². The van der Waals surface area contributed by atoms with E-state index in [9.17, 15) is 9.90 Å².